The first-order valence-electron chi connectivity index (χ1n) is 6.73. The maximum absolute atomic E-state index is 11.4. The van der Waals surface area contributed by atoms with Gasteiger partial charge in [0.25, 0.3) is 5.56 Å². The molecule has 18 heavy (non-hydrogen) atoms. The fourth-order valence-electron chi connectivity index (χ4n) is 2.09. The summed E-state index contributed by atoms with van der Waals surface area (Å²) in [5.74, 6) is 0.358. The molecule has 4 nitrogen and oxygen atoms in total. The molecule has 2 N–H and O–H groups in total. The van der Waals surface area contributed by atoms with Crippen LogP contribution in [0.3, 0.4) is 0 Å². The topological polar surface area (TPSA) is 54.3 Å². The van der Waals surface area contributed by atoms with Crippen LogP contribution in [0.2, 0.25) is 0 Å². The Bertz CT molecular complexity index is 385. The van der Waals surface area contributed by atoms with Gasteiger partial charge in [-0.2, -0.15) is 0 Å². The lowest BCUT2D eigenvalue weighted by Crippen LogP contribution is -2.35. The number of nitrogens with one attached hydrogen (secondary N) is 1. The number of hydrogen-bond donors (Lipinski definition) is 2. The van der Waals surface area contributed by atoms with Gasteiger partial charge in [0.15, 0.2) is 0 Å². The Morgan fingerprint density at radius 2 is 2.06 bits per heavy atom. The third kappa shape index (κ3) is 4.63. The molecule has 1 rings (SSSR count). The molecule has 0 aromatic carbocycles. The minimum absolute atomic E-state index is 0.0137. The Kier molecular flexibility index (Phi) is 6.68. The first-order valence-corrected chi connectivity index (χ1v) is 6.73. The van der Waals surface area contributed by atoms with Crippen molar-refractivity contribution >= 4 is 0 Å². The molecule has 1 heterocycles. The van der Waals surface area contributed by atoms with E-state index in [1.165, 1.54) is 0 Å². The van der Waals surface area contributed by atoms with Crippen LogP contribution in [0.1, 0.15) is 26.7 Å². The van der Waals surface area contributed by atoms with Gasteiger partial charge in [-0.05, 0) is 12.0 Å². The van der Waals surface area contributed by atoms with Gasteiger partial charge in [0.05, 0.1) is 6.10 Å². The summed E-state index contributed by atoms with van der Waals surface area (Å²) in [6, 6.07) is 5.14. The number of pyridine rings is 1. The lowest BCUT2D eigenvalue weighted by atomic mass is 9.97. The number of hydrogen-bond acceptors (Lipinski definition) is 3. The molecule has 1 aromatic heterocycles. The molecule has 0 radical (unpaired) electrons. The highest BCUT2D eigenvalue weighted by atomic mass is 16.3. The van der Waals surface area contributed by atoms with Crippen LogP contribution in [0.15, 0.2) is 29.2 Å². The van der Waals surface area contributed by atoms with E-state index in [0.717, 1.165) is 12.8 Å². The molecule has 4 heteroatoms. The van der Waals surface area contributed by atoms with Crippen molar-refractivity contribution in [3.63, 3.8) is 0 Å². The Hall–Kier alpha value is -1.13. The Morgan fingerprint density at radius 1 is 1.33 bits per heavy atom. The summed E-state index contributed by atoms with van der Waals surface area (Å²) in [5, 5.41) is 13.1. The Morgan fingerprint density at radius 3 is 2.67 bits per heavy atom. The van der Waals surface area contributed by atoms with Crippen molar-refractivity contribution in [1.82, 2.24) is 9.88 Å². The van der Waals surface area contributed by atoms with Crippen molar-refractivity contribution in [3.8, 4) is 0 Å². The third-order valence-electron chi connectivity index (χ3n) is 3.37. The minimum Gasteiger partial charge on any atom is -0.392 e. The van der Waals surface area contributed by atoms with Crippen LogP contribution in [-0.2, 0) is 6.54 Å². The summed E-state index contributed by atoms with van der Waals surface area (Å²) in [6.07, 6.45) is 3.48. The zero-order chi connectivity index (χ0) is 13.4. The second kappa shape index (κ2) is 8.06. The summed E-state index contributed by atoms with van der Waals surface area (Å²) in [4.78, 5) is 11.4. The van der Waals surface area contributed by atoms with Gasteiger partial charge in [-0.15, -0.1) is 0 Å². The molecule has 0 saturated heterocycles. The van der Waals surface area contributed by atoms with E-state index in [4.69, 9.17) is 0 Å². The number of aliphatic hydroxyl groups is 1. The fourth-order valence-corrected chi connectivity index (χ4v) is 2.09. The predicted molar refractivity (Wildman–Crippen MR) is 73.7 cm³/mol. The van der Waals surface area contributed by atoms with Crippen molar-refractivity contribution in [1.29, 1.82) is 0 Å². The molecule has 0 bridgehead atoms. The third-order valence-corrected chi connectivity index (χ3v) is 3.37. The van der Waals surface area contributed by atoms with Gasteiger partial charge in [-0.1, -0.05) is 32.8 Å². The standard InChI is InChI=1S/C14H24N2O2/c1-3-12(4-2)13(17)11-15-8-10-16-9-6-5-7-14(16)18/h5-7,9,12-13,15,17H,3-4,8,10-11H2,1-2H3. The smallest absolute Gasteiger partial charge is 0.250 e. The van der Waals surface area contributed by atoms with Crippen LogP contribution < -0.4 is 10.9 Å². The molecule has 102 valence electrons. The van der Waals surface area contributed by atoms with Crippen LogP contribution in [0.25, 0.3) is 0 Å². The molecule has 1 atom stereocenters. The van der Waals surface area contributed by atoms with Crippen LogP contribution in [0.4, 0.5) is 0 Å². The highest BCUT2D eigenvalue weighted by Gasteiger charge is 2.14. The van der Waals surface area contributed by atoms with Crippen LogP contribution in [0, 0.1) is 5.92 Å². The lowest BCUT2D eigenvalue weighted by Gasteiger charge is -2.20. The minimum atomic E-state index is -0.299. The van der Waals surface area contributed by atoms with E-state index in [2.05, 4.69) is 19.2 Å². The molecule has 1 unspecified atom stereocenters. The SMILES string of the molecule is CCC(CC)C(O)CNCCn1ccccc1=O. The van der Waals surface area contributed by atoms with Crippen molar-refractivity contribution < 1.29 is 5.11 Å². The van der Waals surface area contributed by atoms with Crippen molar-refractivity contribution in [2.75, 3.05) is 13.1 Å². The predicted octanol–water partition coefficient (Wildman–Crippen LogP) is 1.23. The molecule has 0 aliphatic heterocycles. The van der Waals surface area contributed by atoms with E-state index in [-0.39, 0.29) is 11.7 Å². The van der Waals surface area contributed by atoms with Crippen molar-refractivity contribution in [2.45, 2.75) is 39.3 Å². The molecule has 1 aromatic rings. The van der Waals surface area contributed by atoms with E-state index < -0.39 is 0 Å². The highest BCUT2D eigenvalue weighted by molar-refractivity contribution is 4.93. The summed E-state index contributed by atoms with van der Waals surface area (Å²) >= 11 is 0. The summed E-state index contributed by atoms with van der Waals surface area (Å²) in [6.45, 7) is 6.12. The quantitative estimate of drug-likeness (QED) is 0.684. The number of nitrogens with zero attached hydrogens (tertiary/aromatic N) is 1. The van der Waals surface area contributed by atoms with Gasteiger partial charge in [0, 0.05) is 31.9 Å². The van der Waals surface area contributed by atoms with Crippen LogP contribution in [-0.4, -0.2) is 28.9 Å². The Labute approximate surface area is 109 Å². The number of aliphatic hydroxyl groups excluding tert-OH is 1. The van der Waals surface area contributed by atoms with Gasteiger partial charge in [-0.3, -0.25) is 4.79 Å². The zero-order valence-electron chi connectivity index (χ0n) is 11.3. The molecule has 0 saturated carbocycles. The second-order valence-electron chi connectivity index (χ2n) is 4.58. The highest BCUT2D eigenvalue weighted by Crippen LogP contribution is 2.11. The molecule has 0 aliphatic rings. The maximum atomic E-state index is 11.4. The average Bonchev–Trinajstić information content (AvgIpc) is 2.38. The fraction of sp³-hybridized carbons (Fsp3) is 0.643. The molecular weight excluding hydrogens is 228 g/mol. The van der Waals surface area contributed by atoms with Crippen LogP contribution in [0.5, 0.6) is 0 Å². The number of rotatable bonds is 8. The average molecular weight is 252 g/mol. The second-order valence-corrected chi connectivity index (χ2v) is 4.58. The monoisotopic (exact) mass is 252 g/mol. The van der Waals surface area contributed by atoms with Crippen molar-refractivity contribution in [2.24, 2.45) is 5.92 Å². The zero-order valence-corrected chi connectivity index (χ0v) is 11.3. The molecular formula is C14H24N2O2. The van der Waals surface area contributed by atoms with Crippen molar-refractivity contribution in [3.05, 3.63) is 34.7 Å². The van der Waals surface area contributed by atoms with Gasteiger partial charge in [0.1, 0.15) is 0 Å². The van der Waals surface area contributed by atoms with E-state index in [1.807, 2.05) is 6.07 Å². The summed E-state index contributed by atoms with van der Waals surface area (Å²) in [5.41, 5.74) is 0.0137. The normalized spacial score (nSPS) is 12.9. The lowest BCUT2D eigenvalue weighted by molar-refractivity contribution is 0.101. The molecule has 0 aliphatic carbocycles. The summed E-state index contributed by atoms with van der Waals surface area (Å²) in [7, 11) is 0. The van der Waals surface area contributed by atoms with E-state index in [1.54, 1.807) is 22.9 Å². The molecule has 0 amide bonds. The number of aromatic nitrogens is 1. The Balaban J connectivity index is 2.27. The van der Waals surface area contributed by atoms with E-state index in [0.29, 0.717) is 25.6 Å². The largest absolute Gasteiger partial charge is 0.392 e. The maximum Gasteiger partial charge on any atom is 0.250 e. The van der Waals surface area contributed by atoms with E-state index >= 15 is 0 Å². The van der Waals surface area contributed by atoms with Gasteiger partial charge >= 0.3 is 0 Å². The first kappa shape index (κ1) is 14.9. The first-order chi connectivity index (χ1) is 8.69. The summed E-state index contributed by atoms with van der Waals surface area (Å²) < 4.78 is 1.66. The van der Waals surface area contributed by atoms with Gasteiger partial charge in [-0.25, -0.2) is 0 Å². The van der Waals surface area contributed by atoms with Gasteiger partial charge < -0.3 is 15.0 Å². The molecule has 0 spiro atoms. The molecule has 0 fully saturated rings. The van der Waals surface area contributed by atoms with Gasteiger partial charge in [0.2, 0.25) is 0 Å². The van der Waals surface area contributed by atoms with E-state index in [9.17, 15) is 9.90 Å². The van der Waals surface area contributed by atoms with Crippen LogP contribution >= 0.6 is 0 Å².